The van der Waals surface area contributed by atoms with Crippen molar-refractivity contribution in [1.82, 2.24) is 10.2 Å². The molecule has 0 amide bonds. The molecule has 3 nitrogen and oxygen atoms in total. The summed E-state index contributed by atoms with van der Waals surface area (Å²) in [5.74, 6) is 0.906. The quantitative estimate of drug-likeness (QED) is 0.598. The van der Waals surface area contributed by atoms with Gasteiger partial charge in [0.1, 0.15) is 5.69 Å². The molecule has 0 spiro atoms. The Morgan fingerprint density at radius 1 is 0.792 bits per heavy atom. The molecule has 2 heterocycles. The van der Waals surface area contributed by atoms with E-state index in [-0.39, 0.29) is 0 Å². The maximum absolute atomic E-state index is 6.30. The fourth-order valence-corrected chi connectivity index (χ4v) is 3.61. The van der Waals surface area contributed by atoms with Crippen LogP contribution in [0.4, 0.5) is 5.82 Å². The lowest BCUT2D eigenvalue weighted by Crippen LogP contribution is -2.30. The molecule has 1 aliphatic rings. The first-order valence-corrected chi connectivity index (χ1v) is 8.95. The van der Waals surface area contributed by atoms with Crippen molar-refractivity contribution in [3.05, 3.63) is 52.5 Å². The summed E-state index contributed by atoms with van der Waals surface area (Å²) in [6.07, 6.45) is 3.65. The minimum absolute atomic E-state index is 0.541. The van der Waals surface area contributed by atoms with Crippen LogP contribution in [-0.4, -0.2) is 23.3 Å². The minimum Gasteiger partial charge on any atom is -0.355 e. The van der Waals surface area contributed by atoms with Gasteiger partial charge in [0, 0.05) is 29.4 Å². The van der Waals surface area contributed by atoms with Gasteiger partial charge in [0.05, 0.1) is 10.0 Å². The molecule has 1 fully saturated rings. The number of nitrogens with zero attached hydrogens (tertiary/aromatic N) is 3. The van der Waals surface area contributed by atoms with Crippen LogP contribution < -0.4 is 4.90 Å². The third-order valence-corrected chi connectivity index (χ3v) is 5.23. The van der Waals surface area contributed by atoms with Gasteiger partial charge in [-0.1, -0.05) is 53.5 Å². The Morgan fingerprint density at radius 2 is 1.46 bits per heavy atom. The number of benzene rings is 2. The van der Waals surface area contributed by atoms with Gasteiger partial charge in [0.15, 0.2) is 5.82 Å². The molecule has 0 aliphatic carbocycles. The summed E-state index contributed by atoms with van der Waals surface area (Å²) >= 11 is 12.6. The fraction of sp³-hybridized carbons (Fsp3) is 0.263. The number of rotatable bonds is 2. The Balaban J connectivity index is 1.95. The Kier molecular flexibility index (Phi) is 4.30. The van der Waals surface area contributed by atoms with Crippen LogP contribution in [0, 0.1) is 0 Å². The zero-order valence-corrected chi connectivity index (χ0v) is 14.7. The van der Waals surface area contributed by atoms with E-state index in [1.54, 1.807) is 0 Å². The zero-order chi connectivity index (χ0) is 16.5. The predicted octanol–water partition coefficient (Wildman–Crippen LogP) is 5.59. The molecule has 0 bridgehead atoms. The van der Waals surface area contributed by atoms with E-state index in [0.29, 0.717) is 10.0 Å². The third kappa shape index (κ3) is 2.83. The molecule has 2 aromatic carbocycles. The van der Waals surface area contributed by atoms with Crippen LogP contribution in [0.15, 0.2) is 42.5 Å². The van der Waals surface area contributed by atoms with E-state index in [0.717, 1.165) is 40.9 Å². The van der Waals surface area contributed by atoms with Gasteiger partial charge < -0.3 is 4.90 Å². The second-order valence-electron chi connectivity index (χ2n) is 6.10. The van der Waals surface area contributed by atoms with E-state index in [1.807, 2.05) is 42.5 Å². The molecule has 4 rings (SSSR count). The summed E-state index contributed by atoms with van der Waals surface area (Å²) in [6, 6.07) is 13.9. The van der Waals surface area contributed by atoms with Crippen LogP contribution in [0.1, 0.15) is 19.3 Å². The fourth-order valence-electron chi connectivity index (χ4n) is 3.28. The number of piperidine rings is 1. The summed E-state index contributed by atoms with van der Waals surface area (Å²) in [6.45, 7) is 2.02. The van der Waals surface area contributed by atoms with Gasteiger partial charge in [-0.3, -0.25) is 0 Å². The molecule has 0 N–H and O–H groups in total. The highest BCUT2D eigenvalue weighted by Crippen LogP contribution is 2.37. The second-order valence-corrected chi connectivity index (χ2v) is 6.91. The van der Waals surface area contributed by atoms with Gasteiger partial charge in [-0.2, -0.15) is 0 Å². The molecule has 122 valence electrons. The van der Waals surface area contributed by atoms with Crippen molar-refractivity contribution in [2.75, 3.05) is 18.0 Å². The summed E-state index contributed by atoms with van der Waals surface area (Å²) < 4.78 is 0. The van der Waals surface area contributed by atoms with Crippen molar-refractivity contribution >= 4 is 39.8 Å². The highest BCUT2D eigenvalue weighted by atomic mass is 35.5. The van der Waals surface area contributed by atoms with Crippen molar-refractivity contribution in [2.45, 2.75) is 19.3 Å². The van der Waals surface area contributed by atoms with Gasteiger partial charge >= 0.3 is 0 Å². The number of aromatic nitrogens is 2. The summed E-state index contributed by atoms with van der Waals surface area (Å²) in [5.41, 5.74) is 1.86. The summed E-state index contributed by atoms with van der Waals surface area (Å²) in [4.78, 5) is 2.30. The van der Waals surface area contributed by atoms with Crippen molar-refractivity contribution in [1.29, 1.82) is 0 Å². The summed E-state index contributed by atoms with van der Waals surface area (Å²) in [5, 5.41) is 12.2. The molecule has 0 atom stereocenters. The maximum atomic E-state index is 6.30. The highest BCUT2D eigenvalue weighted by molar-refractivity contribution is 6.43. The SMILES string of the molecule is Clc1cc2c(-c3ccccc3)nnc(N3CCCCC3)c2cc1Cl. The molecule has 3 aromatic rings. The largest absolute Gasteiger partial charge is 0.355 e. The smallest absolute Gasteiger partial charge is 0.159 e. The van der Waals surface area contributed by atoms with E-state index >= 15 is 0 Å². The van der Waals surface area contributed by atoms with Crippen molar-refractivity contribution in [3.63, 3.8) is 0 Å². The Morgan fingerprint density at radius 3 is 2.17 bits per heavy atom. The van der Waals surface area contributed by atoms with Crippen LogP contribution >= 0.6 is 23.2 Å². The number of anilines is 1. The van der Waals surface area contributed by atoms with Crippen LogP contribution in [-0.2, 0) is 0 Å². The van der Waals surface area contributed by atoms with Gasteiger partial charge in [0.2, 0.25) is 0 Å². The van der Waals surface area contributed by atoms with E-state index in [4.69, 9.17) is 23.2 Å². The molecule has 1 saturated heterocycles. The van der Waals surface area contributed by atoms with Gasteiger partial charge in [-0.25, -0.2) is 0 Å². The normalized spacial score (nSPS) is 15.0. The Bertz CT molecular complexity index is 875. The maximum Gasteiger partial charge on any atom is 0.159 e. The van der Waals surface area contributed by atoms with E-state index < -0.39 is 0 Å². The first-order chi connectivity index (χ1) is 11.7. The van der Waals surface area contributed by atoms with Gasteiger partial charge in [0.25, 0.3) is 0 Å². The third-order valence-electron chi connectivity index (χ3n) is 4.50. The molecule has 1 aromatic heterocycles. The molecule has 24 heavy (non-hydrogen) atoms. The van der Waals surface area contributed by atoms with Crippen LogP contribution in [0.2, 0.25) is 10.0 Å². The van der Waals surface area contributed by atoms with Crippen LogP contribution in [0.5, 0.6) is 0 Å². The topological polar surface area (TPSA) is 29.0 Å². The van der Waals surface area contributed by atoms with Crippen molar-refractivity contribution in [2.24, 2.45) is 0 Å². The first-order valence-electron chi connectivity index (χ1n) is 8.20. The standard InChI is InChI=1S/C19H17Cl2N3/c20-16-11-14-15(12-17(16)21)19(24-9-5-2-6-10-24)23-22-18(14)13-7-3-1-4-8-13/h1,3-4,7-8,11-12H,2,5-6,9-10H2. The summed E-state index contributed by atoms with van der Waals surface area (Å²) in [7, 11) is 0. The molecular formula is C19H17Cl2N3. The predicted molar refractivity (Wildman–Crippen MR) is 101 cm³/mol. The average Bonchev–Trinajstić information content (AvgIpc) is 2.63. The molecule has 5 heteroatoms. The minimum atomic E-state index is 0.541. The lowest BCUT2D eigenvalue weighted by atomic mass is 10.0. The number of fused-ring (bicyclic) bond motifs is 1. The van der Waals surface area contributed by atoms with Gasteiger partial charge in [-0.15, -0.1) is 10.2 Å². The zero-order valence-electron chi connectivity index (χ0n) is 13.2. The molecule has 0 radical (unpaired) electrons. The molecule has 0 unspecified atom stereocenters. The number of hydrogen-bond acceptors (Lipinski definition) is 3. The Hall–Kier alpha value is -1.84. The first kappa shape index (κ1) is 15.7. The lowest BCUT2D eigenvalue weighted by Gasteiger charge is -2.28. The van der Waals surface area contributed by atoms with E-state index in [2.05, 4.69) is 15.1 Å². The molecule has 1 aliphatic heterocycles. The molecule has 0 saturated carbocycles. The Labute approximate surface area is 151 Å². The highest BCUT2D eigenvalue weighted by Gasteiger charge is 2.19. The molecular weight excluding hydrogens is 341 g/mol. The van der Waals surface area contributed by atoms with Crippen LogP contribution in [0.3, 0.4) is 0 Å². The lowest BCUT2D eigenvalue weighted by molar-refractivity contribution is 0.573. The average molecular weight is 358 g/mol. The van der Waals surface area contributed by atoms with Crippen molar-refractivity contribution in [3.8, 4) is 11.3 Å². The van der Waals surface area contributed by atoms with Crippen molar-refractivity contribution < 1.29 is 0 Å². The number of hydrogen-bond donors (Lipinski definition) is 0. The second kappa shape index (κ2) is 6.58. The monoisotopic (exact) mass is 357 g/mol. The van der Waals surface area contributed by atoms with Crippen LogP contribution in [0.25, 0.3) is 22.0 Å². The number of halogens is 2. The van der Waals surface area contributed by atoms with Gasteiger partial charge in [-0.05, 0) is 31.4 Å². The van der Waals surface area contributed by atoms with E-state index in [9.17, 15) is 0 Å². The van der Waals surface area contributed by atoms with E-state index in [1.165, 1.54) is 19.3 Å².